The fourth-order valence-corrected chi connectivity index (χ4v) is 2.94. The monoisotopic (exact) mass is 270 g/mol. The third-order valence-electron chi connectivity index (χ3n) is 4.03. The molecule has 1 aromatic carbocycles. The Morgan fingerprint density at radius 1 is 1.35 bits per heavy atom. The molecule has 1 heterocycles. The van der Waals surface area contributed by atoms with Crippen molar-refractivity contribution in [3.63, 3.8) is 0 Å². The molecule has 4 heteroatoms. The number of carboxylic acid groups (broad SMARTS) is 1. The van der Waals surface area contributed by atoms with Crippen LogP contribution in [0.5, 0.6) is 0 Å². The summed E-state index contributed by atoms with van der Waals surface area (Å²) in [5, 5.41) is 13.6. The van der Waals surface area contributed by atoms with E-state index in [4.69, 9.17) is 0 Å². The first-order valence-electron chi connectivity index (χ1n) is 6.94. The molecular formula is C16H18N2O2. The number of aromatic nitrogens is 2. The van der Waals surface area contributed by atoms with Gasteiger partial charge in [0, 0.05) is 11.3 Å². The molecule has 104 valence electrons. The molecule has 2 aromatic rings. The molecule has 1 aliphatic rings. The maximum absolute atomic E-state index is 11.3. The molecule has 4 nitrogen and oxygen atoms in total. The van der Waals surface area contributed by atoms with Crippen LogP contribution in [0.4, 0.5) is 0 Å². The molecule has 0 spiro atoms. The number of rotatable bonds is 3. The summed E-state index contributed by atoms with van der Waals surface area (Å²) in [6.07, 6.45) is 2.80. The number of aryl methyl sites for hydroxylation is 2. The molecule has 0 radical (unpaired) electrons. The van der Waals surface area contributed by atoms with Crippen molar-refractivity contribution in [1.82, 2.24) is 9.78 Å². The maximum atomic E-state index is 11.3. The van der Waals surface area contributed by atoms with E-state index in [0.717, 1.165) is 30.5 Å². The van der Waals surface area contributed by atoms with Crippen LogP contribution in [-0.4, -0.2) is 20.9 Å². The molecule has 1 N–H and O–H groups in total. The van der Waals surface area contributed by atoms with Crippen LogP contribution in [0.2, 0.25) is 0 Å². The van der Waals surface area contributed by atoms with Gasteiger partial charge >= 0.3 is 5.97 Å². The Morgan fingerprint density at radius 3 is 2.90 bits per heavy atom. The molecule has 0 fully saturated rings. The van der Waals surface area contributed by atoms with Crippen LogP contribution in [0.1, 0.15) is 44.9 Å². The third kappa shape index (κ3) is 2.11. The zero-order valence-corrected chi connectivity index (χ0v) is 11.8. The highest BCUT2D eigenvalue weighted by atomic mass is 16.4. The van der Waals surface area contributed by atoms with Gasteiger partial charge in [-0.1, -0.05) is 23.8 Å². The second kappa shape index (κ2) is 4.78. The molecule has 20 heavy (non-hydrogen) atoms. The summed E-state index contributed by atoms with van der Waals surface area (Å²) in [6.45, 7) is 4.80. The summed E-state index contributed by atoms with van der Waals surface area (Å²) in [5.41, 5.74) is 5.91. The van der Waals surface area contributed by atoms with E-state index in [0.29, 0.717) is 6.54 Å². The Labute approximate surface area is 118 Å². The number of carboxylic acids is 1. The van der Waals surface area contributed by atoms with Crippen molar-refractivity contribution in [3.05, 3.63) is 51.8 Å². The minimum atomic E-state index is -0.914. The van der Waals surface area contributed by atoms with Crippen molar-refractivity contribution in [2.75, 3.05) is 0 Å². The van der Waals surface area contributed by atoms with E-state index < -0.39 is 5.97 Å². The van der Waals surface area contributed by atoms with E-state index in [1.807, 2.05) is 4.68 Å². The van der Waals surface area contributed by atoms with Crippen molar-refractivity contribution < 1.29 is 9.90 Å². The molecule has 1 aromatic heterocycles. The van der Waals surface area contributed by atoms with E-state index in [9.17, 15) is 9.90 Å². The van der Waals surface area contributed by atoms with Crippen LogP contribution in [0.15, 0.2) is 18.2 Å². The van der Waals surface area contributed by atoms with Crippen molar-refractivity contribution in [1.29, 1.82) is 0 Å². The van der Waals surface area contributed by atoms with Crippen molar-refractivity contribution >= 4 is 5.97 Å². The summed E-state index contributed by atoms with van der Waals surface area (Å²) in [4.78, 5) is 11.3. The predicted molar refractivity (Wildman–Crippen MR) is 76.2 cm³/mol. The highest BCUT2D eigenvalue weighted by Crippen LogP contribution is 2.26. The summed E-state index contributed by atoms with van der Waals surface area (Å²) in [5.74, 6) is -0.914. The predicted octanol–water partition coefficient (Wildman–Crippen LogP) is 2.74. The summed E-state index contributed by atoms with van der Waals surface area (Å²) >= 11 is 0. The Kier molecular flexibility index (Phi) is 3.08. The zero-order valence-electron chi connectivity index (χ0n) is 11.8. The van der Waals surface area contributed by atoms with Gasteiger partial charge in [-0.25, -0.2) is 4.79 Å². The molecule has 0 amide bonds. The van der Waals surface area contributed by atoms with Crippen molar-refractivity contribution in [2.24, 2.45) is 0 Å². The van der Waals surface area contributed by atoms with E-state index >= 15 is 0 Å². The number of aromatic carboxylic acids is 1. The Morgan fingerprint density at radius 2 is 2.15 bits per heavy atom. The van der Waals surface area contributed by atoms with Gasteiger partial charge in [-0.2, -0.15) is 5.10 Å². The Balaban J connectivity index is 2.01. The van der Waals surface area contributed by atoms with Crippen LogP contribution in [0.25, 0.3) is 0 Å². The van der Waals surface area contributed by atoms with E-state index in [1.165, 1.54) is 16.7 Å². The van der Waals surface area contributed by atoms with Crippen LogP contribution in [0.3, 0.4) is 0 Å². The SMILES string of the molecule is Cc1ccc(C)c(Cn2nc(C(=O)O)c3c2CCC3)c1. The van der Waals surface area contributed by atoms with Crippen LogP contribution in [0, 0.1) is 13.8 Å². The van der Waals surface area contributed by atoms with E-state index in [1.54, 1.807) is 0 Å². The normalized spacial score (nSPS) is 13.5. The molecule has 0 atom stereocenters. The number of benzene rings is 1. The molecule has 0 saturated carbocycles. The van der Waals surface area contributed by atoms with Crippen LogP contribution >= 0.6 is 0 Å². The second-order valence-electron chi connectivity index (χ2n) is 5.52. The fourth-order valence-electron chi connectivity index (χ4n) is 2.94. The quantitative estimate of drug-likeness (QED) is 0.933. The standard InChI is InChI=1S/C16H18N2O2/c1-10-6-7-11(2)12(8-10)9-18-14-5-3-4-13(14)15(17-18)16(19)20/h6-8H,3-5,9H2,1-2H3,(H,19,20). The average molecular weight is 270 g/mol. The van der Waals surface area contributed by atoms with Gasteiger partial charge in [-0.15, -0.1) is 0 Å². The Bertz CT molecular complexity index is 686. The second-order valence-corrected chi connectivity index (χ2v) is 5.52. The van der Waals surface area contributed by atoms with Gasteiger partial charge in [0.15, 0.2) is 5.69 Å². The van der Waals surface area contributed by atoms with Crippen molar-refractivity contribution in [2.45, 2.75) is 39.7 Å². The molecule has 0 unspecified atom stereocenters. The minimum absolute atomic E-state index is 0.239. The number of nitrogens with zero attached hydrogens (tertiary/aromatic N) is 2. The summed E-state index contributed by atoms with van der Waals surface area (Å²) < 4.78 is 1.88. The largest absolute Gasteiger partial charge is 0.476 e. The lowest BCUT2D eigenvalue weighted by Gasteiger charge is -2.09. The number of hydrogen-bond acceptors (Lipinski definition) is 2. The van der Waals surface area contributed by atoms with Gasteiger partial charge in [0.05, 0.1) is 6.54 Å². The Hall–Kier alpha value is -2.10. The molecule has 1 aliphatic carbocycles. The lowest BCUT2D eigenvalue weighted by atomic mass is 10.1. The first-order chi connectivity index (χ1) is 9.56. The molecule has 3 rings (SSSR count). The maximum Gasteiger partial charge on any atom is 0.356 e. The number of fused-ring (bicyclic) bond motifs is 1. The summed E-state index contributed by atoms with van der Waals surface area (Å²) in [6, 6.07) is 6.35. The first kappa shape index (κ1) is 12.9. The molecular weight excluding hydrogens is 252 g/mol. The average Bonchev–Trinajstić information content (AvgIpc) is 2.97. The van der Waals surface area contributed by atoms with E-state index in [2.05, 4.69) is 37.1 Å². The number of hydrogen-bond donors (Lipinski definition) is 1. The fraction of sp³-hybridized carbons (Fsp3) is 0.375. The van der Waals surface area contributed by atoms with E-state index in [-0.39, 0.29) is 5.69 Å². The van der Waals surface area contributed by atoms with Crippen LogP contribution in [-0.2, 0) is 19.4 Å². The van der Waals surface area contributed by atoms with Gasteiger partial charge in [0.2, 0.25) is 0 Å². The van der Waals surface area contributed by atoms with Gasteiger partial charge in [0.1, 0.15) is 0 Å². The smallest absolute Gasteiger partial charge is 0.356 e. The van der Waals surface area contributed by atoms with Gasteiger partial charge in [0.25, 0.3) is 0 Å². The van der Waals surface area contributed by atoms with Gasteiger partial charge in [-0.05, 0) is 44.2 Å². The molecule has 0 aliphatic heterocycles. The third-order valence-corrected chi connectivity index (χ3v) is 4.03. The van der Waals surface area contributed by atoms with Gasteiger partial charge in [-0.3, -0.25) is 4.68 Å². The van der Waals surface area contributed by atoms with Crippen molar-refractivity contribution in [3.8, 4) is 0 Å². The first-order valence-corrected chi connectivity index (χ1v) is 6.94. The highest BCUT2D eigenvalue weighted by Gasteiger charge is 2.26. The lowest BCUT2D eigenvalue weighted by Crippen LogP contribution is -2.08. The zero-order chi connectivity index (χ0) is 14.3. The number of carbonyl (C=O) groups is 1. The van der Waals surface area contributed by atoms with Crippen LogP contribution < -0.4 is 0 Å². The topological polar surface area (TPSA) is 55.1 Å². The minimum Gasteiger partial charge on any atom is -0.476 e. The lowest BCUT2D eigenvalue weighted by molar-refractivity contribution is 0.0688. The molecule has 0 bridgehead atoms. The highest BCUT2D eigenvalue weighted by molar-refractivity contribution is 5.87. The molecule has 0 saturated heterocycles. The van der Waals surface area contributed by atoms with Gasteiger partial charge < -0.3 is 5.11 Å². The summed E-state index contributed by atoms with van der Waals surface area (Å²) in [7, 11) is 0.